The average Bonchev–Trinajstić information content (AvgIpc) is 2.96. The van der Waals surface area contributed by atoms with Gasteiger partial charge in [0.05, 0.1) is 31.2 Å². The Morgan fingerprint density at radius 2 is 2.07 bits per heavy atom. The highest BCUT2D eigenvalue weighted by Gasteiger charge is 2.45. The number of nitrogens with zero attached hydrogens (tertiary/aromatic N) is 4. The molecule has 6 heteroatoms. The van der Waals surface area contributed by atoms with E-state index in [4.69, 9.17) is 10.00 Å². The molecular weight excluding hydrogens is 364 g/mol. The Kier molecular flexibility index (Phi) is 5.77. The number of nitriles is 1. The molecule has 0 spiro atoms. The Morgan fingerprint density at radius 1 is 1.24 bits per heavy atom. The third-order valence-electron chi connectivity index (χ3n) is 5.96. The maximum Gasteiger partial charge on any atom is 0.225 e. The van der Waals surface area contributed by atoms with Crippen molar-refractivity contribution < 1.29 is 9.53 Å². The molecule has 2 bridgehead atoms. The molecule has 3 heterocycles. The summed E-state index contributed by atoms with van der Waals surface area (Å²) in [6, 6.07) is 16.4. The van der Waals surface area contributed by atoms with E-state index in [2.05, 4.69) is 22.9 Å². The first-order chi connectivity index (χ1) is 14.2. The van der Waals surface area contributed by atoms with Crippen LogP contribution in [0.4, 0.5) is 5.82 Å². The Labute approximate surface area is 171 Å². The number of rotatable bonds is 6. The molecule has 2 saturated heterocycles. The number of carbonyl (C=O) groups excluding carboxylic acids is 1. The summed E-state index contributed by atoms with van der Waals surface area (Å²) in [5.41, 5.74) is 1.69. The van der Waals surface area contributed by atoms with Gasteiger partial charge < -0.3 is 14.5 Å². The van der Waals surface area contributed by atoms with Gasteiger partial charge in [0.15, 0.2) is 0 Å². The van der Waals surface area contributed by atoms with Crippen LogP contribution in [0.25, 0.3) is 0 Å². The van der Waals surface area contributed by atoms with Gasteiger partial charge in [0, 0.05) is 25.3 Å². The molecule has 2 aliphatic rings. The number of ether oxygens (including phenoxy) is 1. The highest BCUT2D eigenvalue weighted by atomic mass is 16.5. The fourth-order valence-corrected chi connectivity index (χ4v) is 4.48. The molecule has 1 aromatic carbocycles. The highest BCUT2D eigenvalue weighted by molar-refractivity contribution is 5.77. The van der Waals surface area contributed by atoms with Crippen LogP contribution in [0.15, 0.2) is 48.7 Å². The second kappa shape index (κ2) is 8.62. The highest BCUT2D eigenvalue weighted by Crippen LogP contribution is 2.37. The van der Waals surface area contributed by atoms with Crippen molar-refractivity contribution in [3.8, 4) is 6.07 Å². The number of carbonyl (C=O) groups is 1. The van der Waals surface area contributed by atoms with Crippen LogP contribution >= 0.6 is 0 Å². The first-order valence-electron chi connectivity index (χ1n) is 10.2. The molecule has 2 aliphatic heterocycles. The average molecular weight is 390 g/mol. The number of pyridine rings is 1. The van der Waals surface area contributed by atoms with Crippen LogP contribution in [0.2, 0.25) is 0 Å². The van der Waals surface area contributed by atoms with E-state index in [-0.39, 0.29) is 18.0 Å². The van der Waals surface area contributed by atoms with Crippen LogP contribution < -0.4 is 4.90 Å². The Hall–Kier alpha value is -2.91. The molecule has 150 valence electrons. The number of hydrogen-bond acceptors (Lipinski definition) is 5. The first kappa shape index (κ1) is 19.4. The van der Waals surface area contributed by atoms with Gasteiger partial charge in [-0.1, -0.05) is 37.3 Å². The van der Waals surface area contributed by atoms with Gasteiger partial charge in [0.25, 0.3) is 0 Å². The summed E-state index contributed by atoms with van der Waals surface area (Å²) in [5, 5.41) is 8.99. The number of amides is 1. The third-order valence-corrected chi connectivity index (χ3v) is 5.96. The fourth-order valence-electron chi connectivity index (χ4n) is 4.48. The van der Waals surface area contributed by atoms with Gasteiger partial charge in [-0.15, -0.1) is 0 Å². The van der Waals surface area contributed by atoms with E-state index in [0.717, 1.165) is 30.9 Å². The number of benzene rings is 1. The molecule has 1 amide bonds. The van der Waals surface area contributed by atoms with Crippen LogP contribution in [0.3, 0.4) is 0 Å². The van der Waals surface area contributed by atoms with Crippen LogP contribution in [0.5, 0.6) is 0 Å². The number of fused-ring (bicyclic) bond motifs is 2. The molecule has 2 unspecified atom stereocenters. The summed E-state index contributed by atoms with van der Waals surface area (Å²) in [6.45, 7) is 4.67. The Balaban J connectivity index is 1.32. The minimum atomic E-state index is 0.162. The predicted octanol–water partition coefficient (Wildman–Crippen LogP) is 2.99. The standard InChI is InChI=1S/C23H26N4O2/c1-17-11-20-14-26(23(28)9-10-29-16-18-5-3-2-4-6-18)15-21(17)27(20)22-8-7-19(12-24)13-25-22/h2-8,13,17,20-21H,9-11,14-16H2,1H3/t17-,20?,21?/m0/s1. The van der Waals surface area contributed by atoms with E-state index >= 15 is 0 Å². The second-order valence-corrected chi connectivity index (χ2v) is 7.95. The molecule has 6 nitrogen and oxygen atoms in total. The maximum atomic E-state index is 12.7. The zero-order chi connectivity index (χ0) is 20.2. The zero-order valence-electron chi connectivity index (χ0n) is 16.7. The molecule has 0 radical (unpaired) electrons. The molecule has 2 aromatic rings. The molecule has 2 fully saturated rings. The van der Waals surface area contributed by atoms with E-state index in [1.54, 1.807) is 6.20 Å². The first-order valence-corrected chi connectivity index (χ1v) is 10.2. The number of piperazine rings is 1. The quantitative estimate of drug-likeness (QED) is 0.709. The summed E-state index contributed by atoms with van der Waals surface area (Å²) in [4.78, 5) is 21.6. The summed E-state index contributed by atoms with van der Waals surface area (Å²) in [5.74, 6) is 1.57. The van der Waals surface area contributed by atoms with Crippen LogP contribution in [-0.4, -0.2) is 47.6 Å². The van der Waals surface area contributed by atoms with Crippen molar-refractivity contribution in [1.29, 1.82) is 5.26 Å². The Morgan fingerprint density at radius 3 is 2.76 bits per heavy atom. The lowest BCUT2D eigenvalue weighted by atomic mass is 10.0. The lowest BCUT2D eigenvalue weighted by molar-refractivity contribution is -0.133. The lowest BCUT2D eigenvalue weighted by Gasteiger charge is -2.42. The molecule has 0 saturated carbocycles. The summed E-state index contributed by atoms with van der Waals surface area (Å²) < 4.78 is 5.69. The van der Waals surface area contributed by atoms with E-state index in [1.807, 2.05) is 47.4 Å². The van der Waals surface area contributed by atoms with Gasteiger partial charge >= 0.3 is 0 Å². The largest absolute Gasteiger partial charge is 0.376 e. The van der Waals surface area contributed by atoms with E-state index in [1.165, 1.54) is 0 Å². The molecule has 3 atom stereocenters. The lowest BCUT2D eigenvalue weighted by Crippen LogP contribution is -2.56. The van der Waals surface area contributed by atoms with Gasteiger partial charge in [0.1, 0.15) is 11.9 Å². The predicted molar refractivity (Wildman–Crippen MR) is 110 cm³/mol. The maximum absolute atomic E-state index is 12.7. The fraction of sp³-hybridized carbons (Fsp3) is 0.435. The minimum absolute atomic E-state index is 0.162. The summed E-state index contributed by atoms with van der Waals surface area (Å²) in [6.07, 6.45) is 3.09. The van der Waals surface area contributed by atoms with Crippen LogP contribution in [0.1, 0.15) is 30.9 Å². The van der Waals surface area contributed by atoms with Crippen LogP contribution in [-0.2, 0) is 16.1 Å². The molecule has 0 aliphatic carbocycles. The van der Waals surface area contributed by atoms with Crippen molar-refractivity contribution in [2.75, 3.05) is 24.6 Å². The van der Waals surface area contributed by atoms with Crippen LogP contribution in [0, 0.1) is 17.2 Å². The number of anilines is 1. The van der Waals surface area contributed by atoms with Crippen molar-refractivity contribution >= 4 is 11.7 Å². The van der Waals surface area contributed by atoms with E-state index in [9.17, 15) is 4.79 Å². The van der Waals surface area contributed by atoms with Crippen molar-refractivity contribution in [3.63, 3.8) is 0 Å². The van der Waals surface area contributed by atoms with Gasteiger partial charge in [-0.3, -0.25) is 4.79 Å². The van der Waals surface area contributed by atoms with Crippen molar-refractivity contribution in [2.45, 2.75) is 38.5 Å². The minimum Gasteiger partial charge on any atom is -0.376 e. The summed E-state index contributed by atoms with van der Waals surface area (Å²) >= 11 is 0. The Bertz CT molecular complexity index is 878. The van der Waals surface area contributed by atoms with E-state index < -0.39 is 0 Å². The molecule has 0 N–H and O–H groups in total. The normalized spacial score (nSPS) is 23.1. The zero-order valence-corrected chi connectivity index (χ0v) is 16.7. The van der Waals surface area contributed by atoms with Crippen molar-refractivity contribution in [3.05, 3.63) is 59.8 Å². The van der Waals surface area contributed by atoms with E-state index in [0.29, 0.717) is 31.1 Å². The van der Waals surface area contributed by atoms with Gasteiger partial charge in [-0.2, -0.15) is 5.26 Å². The second-order valence-electron chi connectivity index (χ2n) is 7.95. The van der Waals surface area contributed by atoms with Crippen molar-refractivity contribution in [2.24, 2.45) is 5.92 Å². The van der Waals surface area contributed by atoms with Gasteiger partial charge in [0.2, 0.25) is 5.91 Å². The SMILES string of the molecule is C[C@H]1CC2CN(C(=O)CCOCc3ccccc3)CC1N2c1ccc(C#N)cn1. The number of likely N-dealkylation sites (tertiary alicyclic amines) is 1. The van der Waals surface area contributed by atoms with Crippen molar-refractivity contribution in [1.82, 2.24) is 9.88 Å². The number of aromatic nitrogens is 1. The third kappa shape index (κ3) is 4.25. The molecule has 4 rings (SSSR count). The van der Waals surface area contributed by atoms with Gasteiger partial charge in [-0.05, 0) is 30.0 Å². The number of hydrogen-bond donors (Lipinski definition) is 0. The molecule has 1 aromatic heterocycles. The monoisotopic (exact) mass is 390 g/mol. The smallest absolute Gasteiger partial charge is 0.225 e. The summed E-state index contributed by atoms with van der Waals surface area (Å²) in [7, 11) is 0. The molecule has 29 heavy (non-hydrogen) atoms. The topological polar surface area (TPSA) is 69.5 Å². The molecular formula is C23H26N4O2. The van der Waals surface area contributed by atoms with Gasteiger partial charge in [-0.25, -0.2) is 4.98 Å².